The molecule has 0 aliphatic carbocycles. The molecule has 0 bridgehead atoms. The minimum atomic E-state index is -3.50. The Morgan fingerprint density at radius 2 is 1.88 bits per heavy atom. The summed E-state index contributed by atoms with van der Waals surface area (Å²) in [6, 6.07) is 6.17. The first kappa shape index (κ1) is 18.6. The summed E-state index contributed by atoms with van der Waals surface area (Å²) in [5.41, 5.74) is 1.53. The monoisotopic (exact) mass is 376 g/mol. The average molecular weight is 376 g/mol. The summed E-state index contributed by atoms with van der Waals surface area (Å²) in [4.78, 5) is 15.1. The van der Waals surface area contributed by atoms with Crippen LogP contribution >= 0.6 is 0 Å². The fourth-order valence-electron chi connectivity index (χ4n) is 3.28. The van der Waals surface area contributed by atoms with E-state index in [4.69, 9.17) is 0 Å². The molecule has 1 atom stereocenters. The molecular formula is C18H24N4O3S. The number of benzene rings is 1. The van der Waals surface area contributed by atoms with Crippen molar-refractivity contribution in [2.75, 3.05) is 20.6 Å². The molecule has 1 aromatic carbocycles. The normalized spacial score (nSPS) is 18.3. The highest BCUT2D eigenvalue weighted by Crippen LogP contribution is 2.32. The van der Waals surface area contributed by atoms with Crippen LogP contribution in [0.2, 0.25) is 0 Å². The van der Waals surface area contributed by atoms with Gasteiger partial charge in [-0.15, -0.1) is 0 Å². The number of nitrogens with zero attached hydrogens (tertiary/aromatic N) is 4. The van der Waals surface area contributed by atoms with Gasteiger partial charge in [0.05, 0.1) is 17.1 Å². The highest BCUT2D eigenvalue weighted by atomic mass is 32.2. The third-order valence-electron chi connectivity index (χ3n) is 4.75. The van der Waals surface area contributed by atoms with Crippen LogP contribution < -0.4 is 0 Å². The summed E-state index contributed by atoms with van der Waals surface area (Å²) < 4.78 is 27.3. The SMILES string of the molecule is CN(C)S(=O)(=O)c1ccc(C(=O)N2CCCCC2c2cnn(C)c2)cc1. The lowest BCUT2D eigenvalue weighted by atomic mass is 9.96. The van der Waals surface area contributed by atoms with Crippen molar-refractivity contribution >= 4 is 15.9 Å². The molecule has 1 fully saturated rings. The zero-order chi connectivity index (χ0) is 18.9. The van der Waals surface area contributed by atoms with Gasteiger partial charge in [0.1, 0.15) is 0 Å². The molecule has 3 rings (SSSR count). The zero-order valence-corrected chi connectivity index (χ0v) is 16.1. The molecule has 8 heteroatoms. The van der Waals surface area contributed by atoms with Gasteiger partial charge >= 0.3 is 0 Å². The molecule has 1 aliphatic rings. The van der Waals surface area contributed by atoms with Crippen molar-refractivity contribution in [2.45, 2.75) is 30.2 Å². The standard InChI is InChI=1S/C18H24N4O3S/c1-20(2)26(24,25)16-9-7-14(8-10-16)18(23)22-11-5-4-6-17(22)15-12-19-21(3)13-15/h7-10,12-13,17H,4-6,11H2,1-3H3. The number of likely N-dealkylation sites (tertiary alicyclic amines) is 1. The Bertz CT molecular complexity index is 887. The van der Waals surface area contributed by atoms with Crippen LogP contribution in [0.1, 0.15) is 41.2 Å². The Labute approximate surface area is 154 Å². The topological polar surface area (TPSA) is 75.5 Å². The van der Waals surface area contributed by atoms with Crippen LogP contribution in [-0.2, 0) is 17.1 Å². The second-order valence-electron chi connectivity index (χ2n) is 6.77. The molecular weight excluding hydrogens is 352 g/mol. The van der Waals surface area contributed by atoms with E-state index < -0.39 is 10.0 Å². The van der Waals surface area contributed by atoms with E-state index >= 15 is 0 Å². The van der Waals surface area contributed by atoms with Gasteiger partial charge in [-0.2, -0.15) is 5.10 Å². The zero-order valence-electron chi connectivity index (χ0n) is 15.3. The molecule has 26 heavy (non-hydrogen) atoms. The lowest BCUT2D eigenvalue weighted by molar-refractivity contribution is 0.0611. The molecule has 1 saturated heterocycles. The molecule has 0 radical (unpaired) electrons. The Hall–Kier alpha value is -2.19. The molecule has 1 aromatic heterocycles. The van der Waals surface area contributed by atoms with E-state index in [1.54, 1.807) is 16.8 Å². The number of amides is 1. The van der Waals surface area contributed by atoms with Crippen LogP contribution in [0.25, 0.3) is 0 Å². The van der Waals surface area contributed by atoms with E-state index in [-0.39, 0.29) is 16.8 Å². The fourth-order valence-corrected chi connectivity index (χ4v) is 4.18. The average Bonchev–Trinajstić information content (AvgIpc) is 3.07. The van der Waals surface area contributed by atoms with Gasteiger partial charge in [0, 0.05) is 45.0 Å². The quantitative estimate of drug-likeness (QED) is 0.818. The molecule has 0 saturated carbocycles. The van der Waals surface area contributed by atoms with E-state index in [0.29, 0.717) is 12.1 Å². The molecule has 2 heterocycles. The lowest BCUT2D eigenvalue weighted by Crippen LogP contribution is -2.38. The van der Waals surface area contributed by atoms with Crippen molar-refractivity contribution in [3.63, 3.8) is 0 Å². The number of sulfonamides is 1. The molecule has 7 nitrogen and oxygen atoms in total. The maximum Gasteiger partial charge on any atom is 0.254 e. The van der Waals surface area contributed by atoms with Gasteiger partial charge < -0.3 is 4.90 Å². The third kappa shape index (κ3) is 3.52. The van der Waals surface area contributed by atoms with Crippen LogP contribution in [0.15, 0.2) is 41.6 Å². The number of aryl methyl sites for hydroxylation is 1. The fraction of sp³-hybridized carbons (Fsp3) is 0.444. The van der Waals surface area contributed by atoms with Crippen molar-refractivity contribution in [3.8, 4) is 0 Å². The second-order valence-corrected chi connectivity index (χ2v) is 8.92. The summed E-state index contributed by atoms with van der Waals surface area (Å²) >= 11 is 0. The summed E-state index contributed by atoms with van der Waals surface area (Å²) in [7, 11) is 1.34. The van der Waals surface area contributed by atoms with Gasteiger partial charge in [0.2, 0.25) is 10.0 Å². The van der Waals surface area contributed by atoms with Gasteiger partial charge in [0.25, 0.3) is 5.91 Å². The van der Waals surface area contributed by atoms with Gasteiger partial charge in [-0.1, -0.05) is 0 Å². The molecule has 1 amide bonds. The number of aromatic nitrogens is 2. The Balaban J connectivity index is 1.85. The van der Waals surface area contributed by atoms with Crippen molar-refractivity contribution in [2.24, 2.45) is 7.05 Å². The number of carbonyl (C=O) groups excluding carboxylic acids is 1. The Morgan fingerprint density at radius 1 is 1.19 bits per heavy atom. The smallest absolute Gasteiger partial charge is 0.254 e. The van der Waals surface area contributed by atoms with Crippen molar-refractivity contribution < 1.29 is 13.2 Å². The van der Waals surface area contributed by atoms with Gasteiger partial charge in [0.15, 0.2) is 0 Å². The Morgan fingerprint density at radius 3 is 2.46 bits per heavy atom. The summed E-state index contributed by atoms with van der Waals surface area (Å²) in [6.45, 7) is 0.691. The highest BCUT2D eigenvalue weighted by Gasteiger charge is 2.29. The molecule has 140 valence electrons. The summed E-state index contributed by atoms with van der Waals surface area (Å²) in [5, 5.41) is 4.22. The van der Waals surface area contributed by atoms with Crippen molar-refractivity contribution in [1.82, 2.24) is 19.0 Å². The Kier molecular flexibility index (Phi) is 5.15. The van der Waals surface area contributed by atoms with E-state index in [2.05, 4.69) is 5.10 Å². The van der Waals surface area contributed by atoms with E-state index in [9.17, 15) is 13.2 Å². The number of hydrogen-bond donors (Lipinski definition) is 0. The van der Waals surface area contributed by atoms with E-state index in [1.165, 1.54) is 26.2 Å². The first-order chi connectivity index (χ1) is 12.3. The van der Waals surface area contributed by atoms with Crippen LogP contribution in [-0.4, -0.2) is 54.0 Å². The maximum absolute atomic E-state index is 13.0. The maximum atomic E-state index is 13.0. The first-order valence-corrected chi connectivity index (χ1v) is 10.1. The predicted molar refractivity (Wildman–Crippen MR) is 98.2 cm³/mol. The van der Waals surface area contributed by atoms with E-state index in [0.717, 1.165) is 29.1 Å². The molecule has 0 spiro atoms. The van der Waals surface area contributed by atoms with Gasteiger partial charge in [-0.05, 0) is 43.5 Å². The van der Waals surface area contributed by atoms with Crippen LogP contribution in [0.4, 0.5) is 0 Å². The van der Waals surface area contributed by atoms with Crippen LogP contribution in [0, 0.1) is 0 Å². The lowest BCUT2D eigenvalue weighted by Gasteiger charge is -2.35. The second kappa shape index (κ2) is 7.20. The summed E-state index contributed by atoms with van der Waals surface area (Å²) in [5.74, 6) is -0.0765. The number of rotatable bonds is 4. The minimum absolute atomic E-state index is 0.00938. The van der Waals surface area contributed by atoms with Gasteiger partial charge in [-0.3, -0.25) is 9.48 Å². The van der Waals surface area contributed by atoms with Crippen LogP contribution in [0.3, 0.4) is 0 Å². The molecule has 0 N–H and O–H groups in total. The largest absolute Gasteiger partial charge is 0.331 e. The number of piperidine rings is 1. The van der Waals surface area contributed by atoms with Crippen LogP contribution in [0.5, 0.6) is 0 Å². The van der Waals surface area contributed by atoms with E-state index in [1.807, 2.05) is 24.3 Å². The first-order valence-electron chi connectivity index (χ1n) is 8.63. The van der Waals surface area contributed by atoms with Gasteiger partial charge in [-0.25, -0.2) is 12.7 Å². The van der Waals surface area contributed by atoms with Crippen molar-refractivity contribution in [1.29, 1.82) is 0 Å². The molecule has 1 unspecified atom stereocenters. The number of hydrogen-bond acceptors (Lipinski definition) is 4. The molecule has 2 aromatic rings. The summed E-state index contributed by atoms with van der Waals surface area (Å²) in [6.07, 6.45) is 6.70. The third-order valence-corrected chi connectivity index (χ3v) is 6.58. The predicted octanol–water partition coefficient (Wildman–Crippen LogP) is 2.04. The van der Waals surface area contributed by atoms with Crippen molar-refractivity contribution in [3.05, 3.63) is 47.8 Å². The molecule has 1 aliphatic heterocycles. The minimum Gasteiger partial charge on any atom is -0.331 e. The number of carbonyl (C=O) groups is 1. The highest BCUT2D eigenvalue weighted by molar-refractivity contribution is 7.89.